The maximum absolute atomic E-state index is 12.5. The van der Waals surface area contributed by atoms with E-state index < -0.39 is 10.0 Å². The Morgan fingerprint density at radius 3 is 2.61 bits per heavy atom. The van der Waals surface area contributed by atoms with E-state index in [0.717, 1.165) is 15.7 Å². The van der Waals surface area contributed by atoms with E-state index in [4.69, 9.17) is 0 Å². The topological polar surface area (TPSA) is 101 Å². The van der Waals surface area contributed by atoms with Gasteiger partial charge < -0.3 is 0 Å². The van der Waals surface area contributed by atoms with Gasteiger partial charge in [0.05, 0.1) is 4.90 Å². The van der Waals surface area contributed by atoms with Crippen LogP contribution in [0, 0.1) is 6.92 Å². The number of aromatic nitrogens is 2. The van der Waals surface area contributed by atoms with Crippen molar-refractivity contribution >= 4 is 49.8 Å². The molecular weight excluding hydrogens is 416 g/mol. The van der Waals surface area contributed by atoms with Gasteiger partial charge in [-0.2, -0.15) is 0 Å². The van der Waals surface area contributed by atoms with Crippen molar-refractivity contribution in [2.45, 2.75) is 23.1 Å². The summed E-state index contributed by atoms with van der Waals surface area (Å²) in [7, 11) is -3.74. The van der Waals surface area contributed by atoms with Crippen LogP contribution in [0.2, 0.25) is 0 Å². The van der Waals surface area contributed by atoms with E-state index >= 15 is 0 Å². The summed E-state index contributed by atoms with van der Waals surface area (Å²) in [6.07, 6.45) is 0. The van der Waals surface area contributed by atoms with Gasteiger partial charge in [-0.05, 0) is 43.0 Å². The second-order valence-electron chi connectivity index (χ2n) is 5.76. The standard InChI is InChI=1S/C18H18N4O3S3/c1-3-26-18-21-20-17(27-18)19-16(23)13-5-4-6-14(11-13)22-28(24,25)15-9-7-12(2)8-10-15/h4-11,22H,3H2,1-2H3,(H,19,20,23). The molecule has 3 aromatic rings. The molecule has 1 amide bonds. The van der Waals surface area contributed by atoms with E-state index in [1.54, 1.807) is 42.1 Å². The highest BCUT2D eigenvalue weighted by molar-refractivity contribution is 8.01. The zero-order chi connectivity index (χ0) is 20.1. The van der Waals surface area contributed by atoms with Crippen LogP contribution in [0.25, 0.3) is 0 Å². The summed E-state index contributed by atoms with van der Waals surface area (Å²) < 4.78 is 28.3. The Hall–Kier alpha value is -2.43. The van der Waals surface area contributed by atoms with Gasteiger partial charge in [0.25, 0.3) is 15.9 Å². The predicted octanol–water partition coefficient (Wildman–Crippen LogP) is 4.01. The molecule has 146 valence electrons. The van der Waals surface area contributed by atoms with E-state index in [0.29, 0.717) is 16.4 Å². The molecule has 0 unspecified atom stereocenters. The first-order chi connectivity index (χ1) is 13.4. The highest BCUT2D eigenvalue weighted by atomic mass is 32.2. The zero-order valence-corrected chi connectivity index (χ0v) is 17.6. The number of sulfonamides is 1. The number of hydrogen-bond donors (Lipinski definition) is 2. The summed E-state index contributed by atoms with van der Waals surface area (Å²) in [6, 6.07) is 12.8. The number of nitrogens with one attached hydrogen (secondary N) is 2. The minimum atomic E-state index is -3.74. The molecule has 1 heterocycles. The third-order valence-electron chi connectivity index (χ3n) is 3.60. The molecule has 7 nitrogen and oxygen atoms in total. The average Bonchev–Trinajstić information content (AvgIpc) is 3.09. The number of rotatable bonds is 7. The molecule has 0 fully saturated rings. The summed E-state index contributed by atoms with van der Waals surface area (Å²) in [5.41, 5.74) is 1.58. The largest absolute Gasteiger partial charge is 0.296 e. The Labute approximate surface area is 171 Å². The maximum atomic E-state index is 12.5. The number of thioether (sulfide) groups is 1. The second kappa shape index (κ2) is 8.72. The molecule has 0 aliphatic heterocycles. The molecule has 10 heteroatoms. The number of hydrogen-bond acceptors (Lipinski definition) is 7. The van der Waals surface area contributed by atoms with Crippen LogP contribution in [-0.2, 0) is 10.0 Å². The number of benzene rings is 2. The van der Waals surface area contributed by atoms with Gasteiger partial charge in [0.2, 0.25) is 5.13 Å². The van der Waals surface area contributed by atoms with Crippen LogP contribution in [-0.4, -0.2) is 30.3 Å². The Kier molecular flexibility index (Phi) is 6.32. The minimum absolute atomic E-state index is 0.155. The van der Waals surface area contributed by atoms with Gasteiger partial charge in [-0.3, -0.25) is 14.8 Å². The molecule has 1 aromatic heterocycles. The molecule has 0 aliphatic rings. The highest BCUT2D eigenvalue weighted by Gasteiger charge is 2.16. The molecule has 3 rings (SSSR count). The fraction of sp³-hybridized carbons (Fsp3) is 0.167. The van der Waals surface area contributed by atoms with E-state index in [2.05, 4.69) is 20.2 Å². The van der Waals surface area contributed by atoms with Gasteiger partial charge in [-0.25, -0.2) is 8.42 Å². The fourth-order valence-corrected chi connectivity index (χ4v) is 4.96. The van der Waals surface area contributed by atoms with Gasteiger partial charge in [-0.1, -0.05) is 53.8 Å². The monoisotopic (exact) mass is 434 g/mol. The summed E-state index contributed by atoms with van der Waals surface area (Å²) in [5, 5.41) is 11.0. The maximum Gasteiger partial charge on any atom is 0.261 e. The lowest BCUT2D eigenvalue weighted by atomic mass is 10.2. The molecule has 2 N–H and O–H groups in total. The van der Waals surface area contributed by atoms with Gasteiger partial charge in [0, 0.05) is 11.3 Å². The van der Waals surface area contributed by atoms with E-state index in [1.807, 2.05) is 13.8 Å². The zero-order valence-electron chi connectivity index (χ0n) is 15.2. The minimum Gasteiger partial charge on any atom is -0.296 e. The van der Waals surface area contributed by atoms with Gasteiger partial charge in [0.1, 0.15) is 0 Å². The molecule has 0 spiro atoms. The Morgan fingerprint density at radius 1 is 1.14 bits per heavy atom. The van der Waals surface area contributed by atoms with Crippen molar-refractivity contribution in [2.75, 3.05) is 15.8 Å². The number of carbonyl (C=O) groups excluding carboxylic acids is 1. The quantitative estimate of drug-likeness (QED) is 0.430. The SMILES string of the molecule is CCSc1nnc(NC(=O)c2cccc(NS(=O)(=O)c3ccc(C)cc3)c2)s1. The van der Waals surface area contributed by atoms with Gasteiger partial charge in [0.15, 0.2) is 4.34 Å². The first-order valence-electron chi connectivity index (χ1n) is 8.34. The van der Waals surface area contributed by atoms with Crippen LogP contribution in [0.5, 0.6) is 0 Å². The van der Waals surface area contributed by atoms with Crippen LogP contribution in [0.3, 0.4) is 0 Å². The van der Waals surface area contributed by atoms with Crippen LogP contribution >= 0.6 is 23.1 Å². The van der Waals surface area contributed by atoms with Crippen LogP contribution in [0.1, 0.15) is 22.8 Å². The van der Waals surface area contributed by atoms with Gasteiger partial charge >= 0.3 is 0 Å². The summed E-state index contributed by atoms with van der Waals surface area (Å²) >= 11 is 2.83. The molecule has 0 radical (unpaired) electrons. The summed E-state index contributed by atoms with van der Waals surface area (Å²) in [5.74, 6) is 0.478. The highest BCUT2D eigenvalue weighted by Crippen LogP contribution is 2.25. The Morgan fingerprint density at radius 2 is 1.89 bits per heavy atom. The number of nitrogens with zero attached hydrogens (tertiary/aromatic N) is 2. The van der Waals surface area contributed by atoms with Crippen molar-refractivity contribution in [1.29, 1.82) is 0 Å². The van der Waals surface area contributed by atoms with Crippen molar-refractivity contribution in [3.63, 3.8) is 0 Å². The first-order valence-corrected chi connectivity index (χ1v) is 11.6. The predicted molar refractivity (Wildman–Crippen MR) is 113 cm³/mol. The lowest BCUT2D eigenvalue weighted by molar-refractivity contribution is 0.102. The Bertz CT molecular complexity index is 1080. The molecule has 0 atom stereocenters. The van der Waals surface area contributed by atoms with E-state index in [-0.39, 0.29) is 10.8 Å². The van der Waals surface area contributed by atoms with Crippen molar-refractivity contribution < 1.29 is 13.2 Å². The van der Waals surface area contributed by atoms with Crippen LogP contribution in [0.15, 0.2) is 57.8 Å². The summed E-state index contributed by atoms with van der Waals surface area (Å²) in [4.78, 5) is 12.6. The number of aryl methyl sites for hydroxylation is 1. The van der Waals surface area contributed by atoms with Crippen molar-refractivity contribution in [1.82, 2.24) is 10.2 Å². The normalized spacial score (nSPS) is 11.2. The first kappa shape index (κ1) is 20.3. The van der Waals surface area contributed by atoms with Crippen molar-refractivity contribution in [3.05, 3.63) is 59.7 Å². The third kappa shape index (κ3) is 5.09. The average molecular weight is 435 g/mol. The van der Waals surface area contributed by atoms with Crippen LogP contribution < -0.4 is 10.0 Å². The second-order valence-corrected chi connectivity index (χ2v) is 9.93. The molecule has 0 aliphatic carbocycles. The molecule has 0 saturated heterocycles. The number of anilines is 2. The fourth-order valence-electron chi connectivity index (χ4n) is 2.27. The van der Waals surface area contributed by atoms with Crippen LogP contribution in [0.4, 0.5) is 10.8 Å². The molecule has 2 aromatic carbocycles. The summed E-state index contributed by atoms with van der Waals surface area (Å²) in [6.45, 7) is 3.89. The smallest absolute Gasteiger partial charge is 0.261 e. The molecular formula is C18H18N4O3S3. The van der Waals surface area contributed by atoms with Crippen molar-refractivity contribution in [3.8, 4) is 0 Å². The molecule has 0 bridgehead atoms. The van der Waals surface area contributed by atoms with Gasteiger partial charge in [-0.15, -0.1) is 10.2 Å². The van der Waals surface area contributed by atoms with E-state index in [9.17, 15) is 13.2 Å². The van der Waals surface area contributed by atoms with Crippen molar-refractivity contribution in [2.24, 2.45) is 0 Å². The molecule has 28 heavy (non-hydrogen) atoms. The number of carbonyl (C=O) groups is 1. The van der Waals surface area contributed by atoms with E-state index in [1.165, 1.54) is 29.5 Å². The Balaban J connectivity index is 1.74. The molecule has 0 saturated carbocycles. The lowest BCUT2D eigenvalue weighted by Crippen LogP contribution is -2.15. The lowest BCUT2D eigenvalue weighted by Gasteiger charge is -2.09. The number of amides is 1. The third-order valence-corrected chi connectivity index (χ3v) is 6.85.